The Morgan fingerprint density at radius 2 is 1.67 bits per heavy atom. The number of hydrogen-bond acceptors (Lipinski definition) is 3. The molecule has 2 aliphatic rings. The Labute approximate surface area is 109 Å². The lowest BCUT2D eigenvalue weighted by molar-refractivity contribution is 0.571. The van der Waals surface area contributed by atoms with E-state index in [0.717, 1.165) is 12.1 Å². The zero-order valence-electron chi connectivity index (χ0n) is 10.6. The molecule has 1 saturated heterocycles. The van der Waals surface area contributed by atoms with Crippen LogP contribution in [0.1, 0.15) is 25.7 Å². The molecule has 0 spiro atoms. The number of fused-ring (bicyclic) bond motifs is 1. The Morgan fingerprint density at radius 1 is 1.11 bits per heavy atom. The van der Waals surface area contributed by atoms with Gasteiger partial charge in [-0.15, -0.1) is 0 Å². The molecule has 1 aliphatic heterocycles. The van der Waals surface area contributed by atoms with Gasteiger partial charge in [-0.05, 0) is 32.0 Å². The van der Waals surface area contributed by atoms with Crippen molar-refractivity contribution in [3.8, 4) is 0 Å². The minimum absolute atomic E-state index is 0.294. The van der Waals surface area contributed by atoms with Crippen LogP contribution >= 0.6 is 0 Å². The van der Waals surface area contributed by atoms with Crippen LogP contribution in [0.2, 0.25) is 0 Å². The summed E-state index contributed by atoms with van der Waals surface area (Å²) < 4.78 is 24.4. The van der Waals surface area contributed by atoms with E-state index >= 15 is 0 Å². The summed E-state index contributed by atoms with van der Waals surface area (Å²) >= 11 is 0. The topological polar surface area (TPSA) is 68.1 Å². The first-order valence-corrected chi connectivity index (χ1v) is 7.86. The Balaban J connectivity index is 0.000000146. The van der Waals surface area contributed by atoms with E-state index in [1.165, 1.54) is 32.7 Å². The molecular weight excluding hydrogens is 248 g/mol. The Morgan fingerprint density at radius 3 is 2.11 bits per heavy atom. The van der Waals surface area contributed by atoms with Crippen LogP contribution in [0.25, 0.3) is 0 Å². The van der Waals surface area contributed by atoms with Gasteiger partial charge >= 0.3 is 0 Å². The van der Waals surface area contributed by atoms with Gasteiger partial charge in [-0.2, -0.15) is 0 Å². The number of nitrogens with one attached hydrogen (secondary N) is 2. The molecule has 0 bridgehead atoms. The molecule has 2 N–H and O–H groups in total. The largest absolute Gasteiger partial charge is 0.308 e. The second-order valence-electron chi connectivity index (χ2n) is 4.68. The zero-order valence-corrected chi connectivity index (χ0v) is 11.4. The highest BCUT2D eigenvalue weighted by atomic mass is 32.2. The Hall–Kier alpha value is -0.910. The molecule has 2 atom stereocenters. The second-order valence-corrected chi connectivity index (χ2v) is 6.57. The van der Waals surface area contributed by atoms with Crippen molar-refractivity contribution in [1.29, 1.82) is 0 Å². The van der Waals surface area contributed by atoms with Crippen molar-refractivity contribution < 1.29 is 8.42 Å². The molecule has 0 amide bonds. The molecule has 2 fully saturated rings. The smallest absolute Gasteiger partial charge is 0.240 e. The van der Waals surface area contributed by atoms with E-state index < -0.39 is 10.0 Å². The van der Waals surface area contributed by atoms with Gasteiger partial charge in [0, 0.05) is 12.1 Å². The maximum atomic E-state index is 11.1. The molecule has 1 aromatic carbocycles. The van der Waals surface area contributed by atoms with Gasteiger partial charge in [0.25, 0.3) is 0 Å². The van der Waals surface area contributed by atoms with Crippen molar-refractivity contribution in [2.75, 3.05) is 7.05 Å². The Bertz CT molecular complexity index is 463. The third kappa shape index (κ3) is 3.54. The maximum absolute atomic E-state index is 11.1. The summed E-state index contributed by atoms with van der Waals surface area (Å²) in [5.74, 6) is 0. The fraction of sp³-hybridized carbons (Fsp3) is 0.538. The molecule has 0 aromatic heterocycles. The predicted octanol–water partition coefficient (Wildman–Crippen LogP) is 1.50. The third-order valence-corrected chi connectivity index (χ3v) is 4.84. The number of hydrogen-bond donors (Lipinski definition) is 2. The SMILES string of the molecule is C1CCC2NC2C1.CNS(=O)(=O)c1ccccc1. The molecule has 4 nitrogen and oxygen atoms in total. The van der Waals surface area contributed by atoms with Gasteiger partial charge in [-0.1, -0.05) is 31.0 Å². The summed E-state index contributed by atoms with van der Waals surface area (Å²) in [6.07, 6.45) is 5.83. The molecule has 2 unspecified atom stereocenters. The molecule has 5 heteroatoms. The quantitative estimate of drug-likeness (QED) is 0.799. The van der Waals surface area contributed by atoms with Crippen LogP contribution in [0.15, 0.2) is 35.2 Å². The van der Waals surface area contributed by atoms with E-state index in [1.807, 2.05) is 0 Å². The van der Waals surface area contributed by atoms with Crippen LogP contribution in [0, 0.1) is 0 Å². The highest BCUT2D eigenvalue weighted by Crippen LogP contribution is 2.28. The summed E-state index contributed by atoms with van der Waals surface area (Å²) in [4.78, 5) is 0.294. The zero-order chi connectivity index (χ0) is 13.0. The second kappa shape index (κ2) is 5.82. The third-order valence-electron chi connectivity index (χ3n) is 3.41. The first-order valence-electron chi connectivity index (χ1n) is 6.38. The van der Waals surface area contributed by atoms with E-state index in [2.05, 4.69) is 10.0 Å². The van der Waals surface area contributed by atoms with Gasteiger partial charge < -0.3 is 5.32 Å². The monoisotopic (exact) mass is 268 g/mol. The summed E-state index contributed by atoms with van der Waals surface area (Å²) in [7, 11) is -1.86. The van der Waals surface area contributed by atoms with Gasteiger partial charge in [-0.25, -0.2) is 13.1 Å². The first kappa shape index (κ1) is 13.5. The molecule has 3 rings (SSSR count). The van der Waals surface area contributed by atoms with E-state index in [1.54, 1.807) is 30.3 Å². The van der Waals surface area contributed by atoms with Crippen LogP contribution in [0.3, 0.4) is 0 Å². The van der Waals surface area contributed by atoms with Crippen LogP contribution < -0.4 is 10.0 Å². The number of sulfonamides is 1. The van der Waals surface area contributed by atoms with Crippen LogP contribution in [0.5, 0.6) is 0 Å². The Kier molecular flexibility index (Phi) is 4.37. The number of benzene rings is 1. The van der Waals surface area contributed by atoms with E-state index in [9.17, 15) is 8.42 Å². The maximum Gasteiger partial charge on any atom is 0.240 e. The highest BCUT2D eigenvalue weighted by Gasteiger charge is 2.37. The van der Waals surface area contributed by atoms with Gasteiger partial charge in [0.15, 0.2) is 0 Å². The lowest BCUT2D eigenvalue weighted by Crippen LogP contribution is -2.18. The molecule has 1 saturated carbocycles. The predicted molar refractivity (Wildman–Crippen MR) is 71.9 cm³/mol. The summed E-state index contributed by atoms with van der Waals surface area (Å²) in [5.41, 5.74) is 0. The molecule has 18 heavy (non-hydrogen) atoms. The first-order chi connectivity index (χ1) is 8.63. The van der Waals surface area contributed by atoms with Crippen molar-refractivity contribution in [3.05, 3.63) is 30.3 Å². The van der Waals surface area contributed by atoms with Crippen molar-refractivity contribution in [2.24, 2.45) is 0 Å². The molecule has 0 radical (unpaired) electrons. The van der Waals surface area contributed by atoms with Crippen LogP contribution in [-0.2, 0) is 10.0 Å². The summed E-state index contributed by atoms with van der Waals surface area (Å²) in [6.45, 7) is 0. The van der Waals surface area contributed by atoms with E-state index in [4.69, 9.17) is 0 Å². The fourth-order valence-corrected chi connectivity index (χ4v) is 2.99. The normalized spacial score (nSPS) is 25.6. The molecule has 1 heterocycles. The van der Waals surface area contributed by atoms with E-state index in [-0.39, 0.29) is 0 Å². The van der Waals surface area contributed by atoms with Crippen molar-refractivity contribution >= 4 is 10.0 Å². The van der Waals surface area contributed by atoms with Gasteiger partial charge in [0.05, 0.1) is 4.90 Å². The molecule has 100 valence electrons. The number of rotatable bonds is 2. The van der Waals surface area contributed by atoms with Crippen molar-refractivity contribution in [3.63, 3.8) is 0 Å². The fourth-order valence-electron chi connectivity index (χ4n) is 2.23. The highest BCUT2D eigenvalue weighted by molar-refractivity contribution is 7.89. The van der Waals surface area contributed by atoms with Crippen molar-refractivity contribution in [1.82, 2.24) is 10.0 Å². The van der Waals surface area contributed by atoms with Gasteiger partial charge in [0.2, 0.25) is 10.0 Å². The molecule has 1 aliphatic carbocycles. The van der Waals surface area contributed by atoms with Gasteiger partial charge in [-0.3, -0.25) is 0 Å². The van der Waals surface area contributed by atoms with Crippen molar-refractivity contribution in [2.45, 2.75) is 42.7 Å². The minimum atomic E-state index is -3.25. The van der Waals surface area contributed by atoms with Crippen LogP contribution in [0.4, 0.5) is 0 Å². The summed E-state index contributed by atoms with van der Waals surface area (Å²) in [6, 6.07) is 10.1. The standard InChI is InChI=1S/C7H9NO2S.C6H11N/c1-8-11(9,10)7-5-3-2-4-6-7;1-2-4-6-5(3-1)7-6/h2-6,8H,1H3;5-7H,1-4H2. The average Bonchev–Trinajstić information content (AvgIpc) is 3.20. The van der Waals surface area contributed by atoms with Gasteiger partial charge in [0.1, 0.15) is 0 Å². The minimum Gasteiger partial charge on any atom is -0.308 e. The lowest BCUT2D eigenvalue weighted by Gasteiger charge is -2.02. The summed E-state index contributed by atoms with van der Waals surface area (Å²) in [5, 5.41) is 3.43. The molecule has 1 aromatic rings. The van der Waals surface area contributed by atoms with E-state index in [0.29, 0.717) is 4.90 Å². The lowest BCUT2D eigenvalue weighted by atomic mass is 10.0. The molecular formula is C13H20N2O2S. The average molecular weight is 268 g/mol. The van der Waals surface area contributed by atoms with Crippen LogP contribution in [-0.4, -0.2) is 27.5 Å².